The molecule has 0 aliphatic heterocycles. The van der Waals surface area contributed by atoms with E-state index in [1.807, 2.05) is 0 Å². The van der Waals surface area contributed by atoms with E-state index in [1.165, 1.54) is 24.6 Å². The standard InChI is InChI=1S/C6H15P.C5H13P.2CH4.2Y/c1-5-7(3,4)6-2;1-4-6(3)5-2;;;;/h3,5-6H2,1-2,4H3;6H,3-5H2,1-2H3;2*1H4;;. The van der Waals surface area contributed by atoms with Crippen molar-refractivity contribution in [1.29, 1.82) is 0 Å². The van der Waals surface area contributed by atoms with Gasteiger partial charge in [-0.05, 0) is 31.3 Å². The maximum Gasteiger partial charge on any atom is 0 e. The number of hydrogen-bond donors (Lipinski definition) is 0. The molecule has 0 spiro atoms. The van der Waals surface area contributed by atoms with E-state index < -0.39 is 6.89 Å². The zero-order valence-corrected chi connectivity index (χ0v) is 18.9. The first-order valence-corrected chi connectivity index (χ1v) is 10.2. The fourth-order valence-corrected chi connectivity index (χ4v) is 1.42. The molecule has 0 aliphatic carbocycles. The van der Waals surface area contributed by atoms with Crippen LogP contribution in [0.4, 0.5) is 0 Å². The molecule has 2 radical (unpaired) electrons. The molecule has 0 fully saturated rings. The van der Waals surface area contributed by atoms with Crippen LogP contribution in [0.2, 0.25) is 0 Å². The van der Waals surface area contributed by atoms with Crippen LogP contribution in [0.3, 0.4) is 0 Å². The van der Waals surface area contributed by atoms with Gasteiger partial charge < -0.3 is 0 Å². The monoisotopic (exact) mass is 432 g/mol. The molecule has 0 saturated carbocycles. The van der Waals surface area contributed by atoms with Crippen molar-refractivity contribution in [3.63, 3.8) is 0 Å². The van der Waals surface area contributed by atoms with Crippen molar-refractivity contribution >= 4 is 27.0 Å². The van der Waals surface area contributed by atoms with Gasteiger partial charge in [0.1, 0.15) is 0 Å². The SMILES string of the molecule is C.C.C=P(C)(CC)CC.C=[PH](CC)CC.[Y].[Y]. The maximum absolute atomic E-state index is 4.12. The van der Waals surface area contributed by atoms with E-state index in [0.717, 1.165) is 0 Å². The van der Waals surface area contributed by atoms with Gasteiger partial charge in [-0.1, -0.05) is 42.5 Å². The van der Waals surface area contributed by atoms with E-state index in [0.29, 0.717) is 0 Å². The molecule has 4 heteroatoms. The van der Waals surface area contributed by atoms with E-state index in [1.54, 1.807) is 0 Å². The van der Waals surface area contributed by atoms with Crippen molar-refractivity contribution in [3.8, 4) is 0 Å². The van der Waals surface area contributed by atoms with Gasteiger partial charge in [0.05, 0.1) is 0 Å². The third-order valence-electron chi connectivity index (χ3n) is 2.53. The normalized spacial score (nSPS) is 8.35. The first-order valence-electron chi connectivity index (χ1n) is 5.28. The van der Waals surface area contributed by atoms with Crippen molar-refractivity contribution in [2.45, 2.75) is 42.5 Å². The van der Waals surface area contributed by atoms with Crippen LogP contribution in [-0.2, 0) is 65.4 Å². The molecule has 0 amide bonds. The van der Waals surface area contributed by atoms with Gasteiger partial charge in [0, 0.05) is 65.4 Å². The summed E-state index contributed by atoms with van der Waals surface area (Å²) in [5.74, 6) is 0. The second-order valence-electron chi connectivity index (χ2n) is 3.71. The van der Waals surface area contributed by atoms with E-state index in [4.69, 9.17) is 0 Å². The summed E-state index contributed by atoms with van der Waals surface area (Å²) in [5.41, 5.74) is 0. The van der Waals surface area contributed by atoms with E-state index in [2.05, 4.69) is 47.0 Å². The zero-order valence-electron chi connectivity index (χ0n) is 11.3. The quantitative estimate of drug-likeness (QED) is 0.546. The summed E-state index contributed by atoms with van der Waals surface area (Å²) < 4.78 is 0. The third kappa shape index (κ3) is 32.4. The summed E-state index contributed by atoms with van der Waals surface area (Å²) in [4.78, 5) is 0. The van der Waals surface area contributed by atoms with Crippen molar-refractivity contribution < 1.29 is 65.4 Å². The van der Waals surface area contributed by atoms with Crippen molar-refractivity contribution in [2.24, 2.45) is 0 Å². The first kappa shape index (κ1) is 36.8. The Hall–Kier alpha value is 2.81. The van der Waals surface area contributed by atoms with Crippen molar-refractivity contribution in [1.82, 2.24) is 0 Å². The van der Waals surface area contributed by atoms with Gasteiger partial charge in [-0.25, -0.2) is 0 Å². The van der Waals surface area contributed by atoms with Gasteiger partial charge in [0.2, 0.25) is 0 Å². The van der Waals surface area contributed by atoms with Crippen LogP contribution in [0, 0.1) is 0 Å². The fourth-order valence-electron chi connectivity index (χ4n) is 0.474. The Labute approximate surface area is 164 Å². The van der Waals surface area contributed by atoms with Crippen LogP contribution in [-0.4, -0.2) is 43.9 Å². The molecule has 0 bridgehead atoms. The Kier molecular flexibility index (Phi) is 51.6. The predicted octanol–water partition coefficient (Wildman–Crippen LogP) is 5.05. The Balaban J connectivity index is -0.0000000290. The Morgan fingerprint density at radius 3 is 1.12 bits per heavy atom. The van der Waals surface area contributed by atoms with Gasteiger partial charge in [-0.3, -0.25) is 0 Å². The molecular formula is C13H36P2Y2. The van der Waals surface area contributed by atoms with Crippen LogP contribution in [0.15, 0.2) is 0 Å². The minimum Gasteiger partial charge on any atom is -0.125 e. The van der Waals surface area contributed by atoms with Crippen molar-refractivity contribution in [2.75, 3.05) is 31.3 Å². The van der Waals surface area contributed by atoms with Crippen LogP contribution >= 0.6 is 14.4 Å². The van der Waals surface area contributed by atoms with E-state index in [-0.39, 0.29) is 87.8 Å². The average Bonchev–Trinajstić information content (AvgIpc) is 2.17. The largest absolute Gasteiger partial charge is 0.125 e. The average molecular weight is 432 g/mol. The van der Waals surface area contributed by atoms with Crippen LogP contribution in [0.25, 0.3) is 0 Å². The van der Waals surface area contributed by atoms with E-state index >= 15 is 0 Å². The molecule has 0 N–H and O–H groups in total. The number of rotatable bonds is 4. The van der Waals surface area contributed by atoms with Gasteiger partial charge in [0.15, 0.2) is 0 Å². The minimum atomic E-state index is -0.654. The third-order valence-corrected chi connectivity index (χ3v) is 7.58. The fraction of sp³-hybridized carbons (Fsp3) is 0.846. The first-order chi connectivity index (χ1) is 5.93. The Morgan fingerprint density at radius 2 is 1.12 bits per heavy atom. The van der Waals surface area contributed by atoms with Gasteiger partial charge in [-0.15, -0.1) is 27.0 Å². The number of hydrogen-bond acceptors (Lipinski definition) is 0. The molecule has 0 nitrogen and oxygen atoms in total. The molecule has 0 unspecified atom stereocenters. The van der Waals surface area contributed by atoms with Crippen LogP contribution in [0.5, 0.6) is 0 Å². The van der Waals surface area contributed by atoms with Gasteiger partial charge >= 0.3 is 0 Å². The zero-order chi connectivity index (χ0) is 10.9. The molecule has 0 rings (SSSR count). The summed E-state index contributed by atoms with van der Waals surface area (Å²) in [6.45, 7) is 10.5. The molecule has 0 aromatic rings. The molecule has 17 heavy (non-hydrogen) atoms. The van der Waals surface area contributed by atoms with Crippen LogP contribution in [0.1, 0.15) is 42.5 Å². The predicted molar refractivity (Wildman–Crippen MR) is 91.0 cm³/mol. The van der Waals surface area contributed by atoms with Gasteiger partial charge in [-0.2, -0.15) is 0 Å². The maximum atomic E-state index is 4.12. The summed E-state index contributed by atoms with van der Waals surface area (Å²) in [6.07, 6.45) is 13.3. The summed E-state index contributed by atoms with van der Waals surface area (Å²) in [7, 11) is -0.118. The van der Waals surface area contributed by atoms with E-state index in [9.17, 15) is 0 Å². The molecule has 0 atom stereocenters. The Morgan fingerprint density at radius 1 is 0.882 bits per heavy atom. The van der Waals surface area contributed by atoms with Crippen LogP contribution < -0.4 is 0 Å². The second-order valence-corrected chi connectivity index (χ2v) is 11.1. The molecule has 0 aromatic carbocycles. The molecule has 0 heterocycles. The minimum absolute atomic E-state index is 0. The summed E-state index contributed by atoms with van der Waals surface area (Å²) >= 11 is 0. The molecule has 104 valence electrons. The molecular weight excluding hydrogens is 396 g/mol. The molecule has 0 aliphatic rings. The smallest absolute Gasteiger partial charge is 0 e. The van der Waals surface area contributed by atoms with Crippen molar-refractivity contribution in [3.05, 3.63) is 0 Å². The topological polar surface area (TPSA) is 0 Å². The molecule has 0 aromatic heterocycles. The summed E-state index contributed by atoms with van der Waals surface area (Å²) in [5, 5.41) is 0. The summed E-state index contributed by atoms with van der Waals surface area (Å²) in [6, 6.07) is 0. The van der Waals surface area contributed by atoms with Gasteiger partial charge in [0.25, 0.3) is 0 Å². The Bertz CT molecular complexity index is 166. The second kappa shape index (κ2) is 23.9. The molecule has 0 saturated heterocycles.